The van der Waals surface area contributed by atoms with Gasteiger partial charge in [0.05, 0.1) is 6.54 Å². The Bertz CT molecular complexity index is 871. The number of amides is 1. The molecule has 0 bridgehead atoms. The summed E-state index contributed by atoms with van der Waals surface area (Å²) in [5.41, 5.74) is 3.24. The number of likely N-dealkylation sites (N-methyl/N-ethyl adjacent to an activating group) is 1. The van der Waals surface area contributed by atoms with E-state index >= 15 is 0 Å². The molecular formula is C25H33N3O. The van der Waals surface area contributed by atoms with Crippen LogP contribution >= 0.6 is 0 Å². The van der Waals surface area contributed by atoms with E-state index < -0.39 is 0 Å². The first-order chi connectivity index (χ1) is 13.8. The molecule has 4 nitrogen and oxygen atoms in total. The fourth-order valence-electron chi connectivity index (χ4n) is 5.30. The molecule has 154 valence electrons. The molecule has 4 rings (SSSR count). The van der Waals surface area contributed by atoms with E-state index in [9.17, 15) is 4.79 Å². The van der Waals surface area contributed by atoms with E-state index in [1.165, 1.54) is 11.1 Å². The van der Waals surface area contributed by atoms with Crippen molar-refractivity contribution in [3.05, 3.63) is 65.7 Å². The third kappa shape index (κ3) is 3.72. The minimum atomic E-state index is -0.261. The van der Waals surface area contributed by atoms with E-state index in [0.29, 0.717) is 6.54 Å². The van der Waals surface area contributed by atoms with Crippen LogP contribution in [0.4, 0.5) is 5.69 Å². The normalized spacial score (nSPS) is 24.9. The third-order valence-corrected chi connectivity index (χ3v) is 6.75. The topological polar surface area (TPSA) is 26.8 Å². The summed E-state index contributed by atoms with van der Waals surface area (Å²) in [7, 11) is 2.15. The lowest BCUT2D eigenvalue weighted by molar-refractivity contribution is -0.121. The first-order valence-corrected chi connectivity index (χ1v) is 10.7. The van der Waals surface area contributed by atoms with Gasteiger partial charge in [0.25, 0.3) is 0 Å². The van der Waals surface area contributed by atoms with Gasteiger partial charge in [-0.15, -0.1) is 0 Å². The van der Waals surface area contributed by atoms with Crippen LogP contribution in [0.2, 0.25) is 0 Å². The van der Waals surface area contributed by atoms with Gasteiger partial charge in [0.15, 0.2) is 0 Å². The van der Waals surface area contributed by atoms with E-state index in [2.05, 4.69) is 97.1 Å². The highest BCUT2D eigenvalue weighted by Crippen LogP contribution is 2.50. The van der Waals surface area contributed by atoms with Crippen LogP contribution in [0.5, 0.6) is 0 Å². The molecule has 4 heteroatoms. The van der Waals surface area contributed by atoms with Gasteiger partial charge in [0, 0.05) is 42.8 Å². The van der Waals surface area contributed by atoms with Crippen molar-refractivity contribution in [3.8, 4) is 0 Å². The molecule has 0 saturated carbocycles. The average Bonchev–Trinajstić information content (AvgIpc) is 2.70. The lowest BCUT2D eigenvalue weighted by Gasteiger charge is -2.51. The van der Waals surface area contributed by atoms with Crippen LogP contribution in [-0.4, -0.2) is 61.0 Å². The zero-order chi connectivity index (χ0) is 20.6. The van der Waals surface area contributed by atoms with Crippen LogP contribution in [0.1, 0.15) is 38.3 Å². The van der Waals surface area contributed by atoms with Gasteiger partial charge >= 0.3 is 0 Å². The molecule has 0 aromatic heterocycles. The Morgan fingerprint density at radius 1 is 0.897 bits per heavy atom. The summed E-state index contributed by atoms with van der Waals surface area (Å²) < 4.78 is 0. The number of anilines is 1. The second-order valence-electron chi connectivity index (χ2n) is 9.51. The van der Waals surface area contributed by atoms with Crippen molar-refractivity contribution in [1.29, 1.82) is 0 Å². The highest BCUT2D eigenvalue weighted by molar-refractivity contribution is 5.98. The maximum atomic E-state index is 13.5. The second-order valence-corrected chi connectivity index (χ2v) is 9.51. The molecule has 2 aromatic carbocycles. The van der Waals surface area contributed by atoms with E-state index in [1.807, 2.05) is 0 Å². The monoisotopic (exact) mass is 391 g/mol. The van der Waals surface area contributed by atoms with Gasteiger partial charge in [0.1, 0.15) is 0 Å². The Balaban J connectivity index is 1.70. The van der Waals surface area contributed by atoms with Gasteiger partial charge in [-0.3, -0.25) is 9.69 Å². The molecule has 0 N–H and O–H groups in total. The van der Waals surface area contributed by atoms with Crippen molar-refractivity contribution in [2.75, 3.05) is 44.7 Å². The molecule has 0 spiro atoms. The minimum Gasteiger partial charge on any atom is -0.305 e. The fraction of sp³-hybridized carbons (Fsp3) is 0.480. The number of hydrogen-bond acceptors (Lipinski definition) is 3. The Hall–Kier alpha value is -2.17. The number of benzene rings is 2. The lowest BCUT2D eigenvalue weighted by atomic mass is 9.65. The molecule has 2 heterocycles. The van der Waals surface area contributed by atoms with Gasteiger partial charge in [-0.2, -0.15) is 0 Å². The lowest BCUT2D eigenvalue weighted by Crippen LogP contribution is -2.58. The number of fused-ring (bicyclic) bond motifs is 1. The van der Waals surface area contributed by atoms with Crippen LogP contribution in [0.25, 0.3) is 0 Å². The van der Waals surface area contributed by atoms with Gasteiger partial charge in [-0.05, 0) is 44.5 Å². The molecule has 2 aliphatic rings. The minimum absolute atomic E-state index is 0.119. The molecule has 2 aromatic rings. The number of carbonyl (C=O) groups excluding carboxylic acids is 1. The van der Waals surface area contributed by atoms with Gasteiger partial charge in [0.2, 0.25) is 5.91 Å². The molecular weight excluding hydrogens is 358 g/mol. The third-order valence-electron chi connectivity index (χ3n) is 6.75. The fourth-order valence-corrected chi connectivity index (χ4v) is 5.30. The highest BCUT2D eigenvalue weighted by Gasteiger charge is 2.47. The number of para-hydroxylation sites is 1. The van der Waals surface area contributed by atoms with E-state index in [1.54, 1.807) is 0 Å². The van der Waals surface area contributed by atoms with Crippen molar-refractivity contribution < 1.29 is 4.79 Å². The van der Waals surface area contributed by atoms with Crippen molar-refractivity contribution in [2.24, 2.45) is 0 Å². The van der Waals surface area contributed by atoms with Crippen LogP contribution in [0.15, 0.2) is 54.6 Å². The number of nitrogens with zero attached hydrogens (tertiary/aromatic N) is 3. The van der Waals surface area contributed by atoms with Gasteiger partial charge in [-0.1, -0.05) is 55.5 Å². The molecule has 1 fully saturated rings. The highest BCUT2D eigenvalue weighted by atomic mass is 16.2. The van der Waals surface area contributed by atoms with E-state index in [4.69, 9.17) is 0 Å². The van der Waals surface area contributed by atoms with Crippen LogP contribution < -0.4 is 4.90 Å². The van der Waals surface area contributed by atoms with Gasteiger partial charge in [-0.25, -0.2) is 0 Å². The predicted molar refractivity (Wildman–Crippen MR) is 119 cm³/mol. The maximum absolute atomic E-state index is 13.5. The average molecular weight is 392 g/mol. The molecule has 2 aliphatic heterocycles. The summed E-state index contributed by atoms with van der Waals surface area (Å²) in [6, 6.07) is 19.2. The summed E-state index contributed by atoms with van der Waals surface area (Å²) in [5, 5.41) is 0. The summed E-state index contributed by atoms with van der Waals surface area (Å²) in [5.74, 6) is 0.210. The first-order valence-electron chi connectivity index (χ1n) is 10.7. The molecule has 1 saturated heterocycles. The molecule has 1 atom stereocenters. The summed E-state index contributed by atoms with van der Waals surface area (Å²) in [6.45, 7) is 11.2. The van der Waals surface area contributed by atoms with E-state index in [-0.39, 0.29) is 16.9 Å². The quantitative estimate of drug-likeness (QED) is 0.797. The summed E-state index contributed by atoms with van der Waals surface area (Å²) >= 11 is 0. The Kier molecular flexibility index (Phi) is 5.26. The number of rotatable bonds is 3. The van der Waals surface area contributed by atoms with Crippen molar-refractivity contribution in [1.82, 2.24) is 9.80 Å². The molecule has 0 unspecified atom stereocenters. The zero-order valence-electron chi connectivity index (χ0n) is 18.2. The van der Waals surface area contributed by atoms with Crippen molar-refractivity contribution in [2.45, 2.75) is 38.1 Å². The summed E-state index contributed by atoms with van der Waals surface area (Å²) in [4.78, 5) is 20.2. The van der Waals surface area contributed by atoms with Crippen molar-refractivity contribution >= 4 is 11.6 Å². The second kappa shape index (κ2) is 7.58. The largest absolute Gasteiger partial charge is 0.305 e. The first kappa shape index (κ1) is 20.1. The molecule has 29 heavy (non-hydrogen) atoms. The number of carbonyl (C=O) groups is 1. The molecule has 0 radical (unpaired) electrons. The molecule has 0 aliphatic carbocycles. The van der Waals surface area contributed by atoms with E-state index in [0.717, 1.165) is 38.3 Å². The smallest absolute Gasteiger partial charge is 0.241 e. The molecule has 1 amide bonds. The zero-order valence-corrected chi connectivity index (χ0v) is 18.2. The van der Waals surface area contributed by atoms with Crippen LogP contribution in [0.3, 0.4) is 0 Å². The Labute approximate surface area is 175 Å². The predicted octanol–water partition coefficient (Wildman–Crippen LogP) is 3.76. The maximum Gasteiger partial charge on any atom is 0.241 e. The number of hydrogen-bond donors (Lipinski definition) is 0. The number of piperazine rings is 1. The summed E-state index contributed by atoms with van der Waals surface area (Å²) in [6.07, 6.45) is 0.898. The SMILES string of the molecule is CN1CCN(CC(=O)N2c3ccccc3[C@](C)(c3ccccc3)CC2(C)C)CC1. The van der Waals surface area contributed by atoms with Crippen LogP contribution in [0, 0.1) is 0 Å². The van der Waals surface area contributed by atoms with Gasteiger partial charge < -0.3 is 9.80 Å². The van der Waals surface area contributed by atoms with Crippen molar-refractivity contribution in [3.63, 3.8) is 0 Å². The Morgan fingerprint density at radius 3 is 2.21 bits per heavy atom. The standard InChI is InChI=1S/C25H33N3O/c1-24(2)19-25(3,20-10-6-5-7-11-20)21-12-8-9-13-22(21)28(24)23(29)18-27-16-14-26(4)15-17-27/h5-13H,14-19H2,1-4H3/t25-/m0/s1. The van der Waals surface area contributed by atoms with Crippen LogP contribution in [-0.2, 0) is 10.2 Å². The Morgan fingerprint density at radius 2 is 1.52 bits per heavy atom.